The van der Waals surface area contributed by atoms with Crippen LogP contribution >= 0.6 is 0 Å². The van der Waals surface area contributed by atoms with Gasteiger partial charge in [-0.05, 0) is 60.9 Å². The van der Waals surface area contributed by atoms with Crippen LogP contribution < -0.4 is 15.5 Å². The van der Waals surface area contributed by atoms with Crippen molar-refractivity contribution in [3.05, 3.63) is 95.2 Å². The fourth-order valence-electron chi connectivity index (χ4n) is 3.74. The predicted octanol–water partition coefficient (Wildman–Crippen LogP) is 4.66. The smallest absolute Gasteiger partial charge is 0.282 e. The second kappa shape index (κ2) is 8.51. The van der Waals surface area contributed by atoms with Crippen LogP contribution in [0.3, 0.4) is 0 Å². The molecule has 0 spiro atoms. The van der Waals surface area contributed by atoms with Crippen molar-refractivity contribution in [3.8, 4) is 0 Å². The highest BCUT2D eigenvalue weighted by Gasteiger charge is 2.40. The Morgan fingerprint density at radius 3 is 2.19 bits per heavy atom. The van der Waals surface area contributed by atoms with Gasteiger partial charge in [-0.3, -0.25) is 14.4 Å². The number of nitrogens with zero attached hydrogens (tertiary/aromatic N) is 1. The van der Waals surface area contributed by atoms with Crippen LogP contribution in [0.1, 0.15) is 23.6 Å². The average molecular weight is 425 g/mol. The summed E-state index contributed by atoms with van der Waals surface area (Å²) in [5.41, 5.74) is 4.84. The molecule has 3 aromatic rings. The highest BCUT2D eigenvalue weighted by molar-refractivity contribution is 6.46. The average Bonchev–Trinajstić information content (AvgIpc) is 2.98. The number of carbonyl (C=O) groups excluding carboxylic acids is 3. The van der Waals surface area contributed by atoms with Gasteiger partial charge in [0.2, 0.25) is 5.91 Å². The minimum atomic E-state index is -0.410. The van der Waals surface area contributed by atoms with E-state index in [-0.39, 0.29) is 17.2 Å². The molecule has 2 N–H and O–H groups in total. The zero-order chi connectivity index (χ0) is 22.8. The Labute approximate surface area is 186 Å². The van der Waals surface area contributed by atoms with Crippen LogP contribution in [-0.4, -0.2) is 17.7 Å². The van der Waals surface area contributed by atoms with Crippen LogP contribution in [-0.2, 0) is 14.4 Å². The van der Waals surface area contributed by atoms with E-state index in [1.807, 2.05) is 50.2 Å². The highest BCUT2D eigenvalue weighted by Crippen LogP contribution is 2.35. The summed E-state index contributed by atoms with van der Waals surface area (Å²) in [7, 11) is 0. The van der Waals surface area contributed by atoms with Gasteiger partial charge in [0.15, 0.2) is 0 Å². The van der Waals surface area contributed by atoms with Crippen LogP contribution in [0.15, 0.2) is 78.5 Å². The molecule has 0 fully saturated rings. The lowest BCUT2D eigenvalue weighted by Gasteiger charge is -2.17. The van der Waals surface area contributed by atoms with E-state index in [0.29, 0.717) is 16.9 Å². The minimum absolute atomic E-state index is 0.184. The number of hydrogen-bond donors (Lipinski definition) is 2. The van der Waals surface area contributed by atoms with Gasteiger partial charge in [-0.2, -0.15) is 0 Å². The van der Waals surface area contributed by atoms with Crippen LogP contribution in [0.25, 0.3) is 5.57 Å². The first-order valence-corrected chi connectivity index (χ1v) is 10.3. The number of rotatable bonds is 5. The van der Waals surface area contributed by atoms with Crippen LogP contribution in [0.5, 0.6) is 0 Å². The lowest BCUT2D eigenvalue weighted by atomic mass is 10.0. The van der Waals surface area contributed by atoms with Crippen LogP contribution in [0.2, 0.25) is 0 Å². The summed E-state index contributed by atoms with van der Waals surface area (Å²) in [5, 5.41) is 5.88. The van der Waals surface area contributed by atoms with E-state index in [2.05, 4.69) is 10.6 Å². The molecule has 1 heterocycles. The first-order valence-electron chi connectivity index (χ1n) is 10.3. The second-order valence-electron chi connectivity index (χ2n) is 7.74. The summed E-state index contributed by atoms with van der Waals surface area (Å²) in [6, 6.07) is 21.8. The molecule has 6 heteroatoms. The lowest BCUT2D eigenvalue weighted by Crippen LogP contribution is -2.33. The molecule has 3 aromatic carbocycles. The molecule has 0 aromatic heterocycles. The topological polar surface area (TPSA) is 78.5 Å². The van der Waals surface area contributed by atoms with Gasteiger partial charge in [0.25, 0.3) is 11.8 Å². The van der Waals surface area contributed by atoms with Crippen molar-refractivity contribution in [2.45, 2.75) is 20.8 Å². The second-order valence-corrected chi connectivity index (χ2v) is 7.74. The molecule has 0 saturated heterocycles. The maximum atomic E-state index is 13.5. The summed E-state index contributed by atoms with van der Waals surface area (Å²) in [6.07, 6.45) is 0. The van der Waals surface area contributed by atoms with Gasteiger partial charge in [-0.25, -0.2) is 4.90 Å². The van der Waals surface area contributed by atoms with Crippen molar-refractivity contribution in [2.75, 3.05) is 15.5 Å². The molecule has 0 saturated carbocycles. The first kappa shape index (κ1) is 21.1. The number of para-hydroxylation sites is 1. The lowest BCUT2D eigenvalue weighted by molar-refractivity contribution is -0.120. The molecule has 6 nitrogen and oxygen atoms in total. The maximum absolute atomic E-state index is 13.5. The number of benzene rings is 3. The standard InChI is InChI=1S/C26H23N3O3/c1-16-7-6-9-21(15-16)28-24-23(19-11-13-20(14-12-19)27-18(3)30)25(31)29(26(24)32)22-10-5-4-8-17(22)2/h4-15,28H,1-3H3,(H,27,30). The van der Waals surface area contributed by atoms with Gasteiger partial charge in [-0.1, -0.05) is 42.5 Å². The Bertz CT molecular complexity index is 1260. The van der Waals surface area contributed by atoms with Crippen LogP contribution in [0, 0.1) is 13.8 Å². The molecule has 0 aliphatic carbocycles. The van der Waals surface area contributed by atoms with Gasteiger partial charge in [0.05, 0.1) is 11.3 Å². The minimum Gasteiger partial charge on any atom is -0.350 e. The Kier molecular flexibility index (Phi) is 5.60. The van der Waals surface area contributed by atoms with E-state index < -0.39 is 11.8 Å². The Hall–Kier alpha value is -4.19. The highest BCUT2D eigenvalue weighted by atomic mass is 16.2. The van der Waals surface area contributed by atoms with Crippen molar-refractivity contribution in [3.63, 3.8) is 0 Å². The molecular weight excluding hydrogens is 402 g/mol. The summed E-state index contributed by atoms with van der Waals surface area (Å²) in [4.78, 5) is 39.6. The zero-order valence-electron chi connectivity index (χ0n) is 18.1. The number of anilines is 3. The SMILES string of the molecule is CC(=O)Nc1ccc(C2=C(Nc3cccc(C)c3)C(=O)N(c3ccccc3C)C2=O)cc1. The molecule has 32 heavy (non-hydrogen) atoms. The van der Waals surface area contributed by atoms with Crippen LogP contribution in [0.4, 0.5) is 17.1 Å². The fraction of sp³-hybridized carbons (Fsp3) is 0.115. The molecule has 0 unspecified atom stereocenters. The number of amides is 3. The molecule has 160 valence electrons. The van der Waals surface area contributed by atoms with E-state index in [1.165, 1.54) is 11.8 Å². The van der Waals surface area contributed by atoms with Crippen molar-refractivity contribution in [1.82, 2.24) is 0 Å². The van der Waals surface area contributed by atoms with Gasteiger partial charge in [0.1, 0.15) is 5.70 Å². The van der Waals surface area contributed by atoms with E-state index in [4.69, 9.17) is 0 Å². The molecule has 0 radical (unpaired) electrons. The van der Waals surface area contributed by atoms with E-state index in [0.717, 1.165) is 16.8 Å². The molecule has 4 rings (SSSR count). The summed E-state index contributed by atoms with van der Waals surface area (Å²) >= 11 is 0. The van der Waals surface area contributed by atoms with E-state index >= 15 is 0 Å². The number of imide groups is 1. The van der Waals surface area contributed by atoms with Gasteiger partial charge in [0, 0.05) is 18.3 Å². The summed E-state index contributed by atoms with van der Waals surface area (Å²) in [5.74, 6) is -0.991. The molecule has 1 aliphatic rings. The van der Waals surface area contributed by atoms with E-state index in [1.54, 1.807) is 36.4 Å². The Balaban J connectivity index is 1.81. The zero-order valence-corrected chi connectivity index (χ0v) is 18.1. The molecule has 1 aliphatic heterocycles. The molecular formula is C26H23N3O3. The van der Waals surface area contributed by atoms with Gasteiger partial charge in [-0.15, -0.1) is 0 Å². The normalized spacial score (nSPS) is 13.5. The van der Waals surface area contributed by atoms with Crippen molar-refractivity contribution in [1.29, 1.82) is 0 Å². The first-order chi connectivity index (χ1) is 15.3. The molecule has 0 atom stereocenters. The third-order valence-corrected chi connectivity index (χ3v) is 5.22. The number of carbonyl (C=O) groups is 3. The monoisotopic (exact) mass is 425 g/mol. The van der Waals surface area contributed by atoms with Gasteiger partial charge < -0.3 is 10.6 Å². The predicted molar refractivity (Wildman–Crippen MR) is 126 cm³/mol. The van der Waals surface area contributed by atoms with Crippen molar-refractivity contribution in [2.24, 2.45) is 0 Å². The number of hydrogen-bond acceptors (Lipinski definition) is 4. The Morgan fingerprint density at radius 1 is 0.812 bits per heavy atom. The van der Waals surface area contributed by atoms with Crippen molar-refractivity contribution < 1.29 is 14.4 Å². The fourth-order valence-corrected chi connectivity index (χ4v) is 3.74. The Morgan fingerprint density at radius 2 is 1.53 bits per heavy atom. The summed E-state index contributed by atoms with van der Waals surface area (Å²) in [6.45, 7) is 5.26. The number of aryl methyl sites for hydroxylation is 2. The molecule has 3 amide bonds. The number of nitrogens with one attached hydrogen (secondary N) is 2. The van der Waals surface area contributed by atoms with Gasteiger partial charge >= 0.3 is 0 Å². The quantitative estimate of drug-likeness (QED) is 0.583. The summed E-state index contributed by atoms with van der Waals surface area (Å²) < 4.78 is 0. The third-order valence-electron chi connectivity index (χ3n) is 5.22. The largest absolute Gasteiger partial charge is 0.350 e. The van der Waals surface area contributed by atoms with E-state index in [9.17, 15) is 14.4 Å². The van der Waals surface area contributed by atoms with Crippen molar-refractivity contribution >= 4 is 40.4 Å². The molecule has 0 bridgehead atoms. The maximum Gasteiger partial charge on any atom is 0.282 e. The third kappa shape index (κ3) is 4.03.